The van der Waals surface area contributed by atoms with Gasteiger partial charge in [-0.25, -0.2) is 4.98 Å². The third kappa shape index (κ3) is 3.62. The number of hydrogen-bond acceptors (Lipinski definition) is 3. The first-order valence-corrected chi connectivity index (χ1v) is 11.9. The summed E-state index contributed by atoms with van der Waals surface area (Å²) in [7, 11) is 0. The molecule has 0 radical (unpaired) electrons. The molecule has 0 aliphatic carbocycles. The van der Waals surface area contributed by atoms with E-state index in [2.05, 4.69) is 0 Å². The van der Waals surface area contributed by atoms with Crippen molar-refractivity contribution < 1.29 is 4.79 Å². The minimum Gasteiger partial charge on any atom is -0.303 e. The number of fused-ring (bicyclic) bond motifs is 2. The highest BCUT2D eigenvalue weighted by molar-refractivity contribution is 6.35. The van der Waals surface area contributed by atoms with Crippen LogP contribution in [0.25, 0.3) is 28.2 Å². The Bertz CT molecular complexity index is 1720. The van der Waals surface area contributed by atoms with Gasteiger partial charge in [0, 0.05) is 5.56 Å². The molecule has 1 amide bonds. The molecule has 0 unspecified atom stereocenters. The SMILES string of the molecule is Cc1ccccc1-n1c(/C=C2/C(=O)N(Cc3ccccc3)c3ccccc32)nc2ccccc2c1=O. The number of amides is 1. The lowest BCUT2D eigenvalue weighted by molar-refractivity contribution is -0.113. The van der Waals surface area contributed by atoms with Crippen molar-refractivity contribution in [3.8, 4) is 5.69 Å². The van der Waals surface area contributed by atoms with Crippen LogP contribution in [0.3, 0.4) is 0 Å². The van der Waals surface area contributed by atoms with E-state index in [1.165, 1.54) is 0 Å². The second-order valence-electron chi connectivity index (χ2n) is 8.87. The lowest BCUT2D eigenvalue weighted by Crippen LogP contribution is -2.26. The molecule has 1 aliphatic rings. The zero-order valence-electron chi connectivity index (χ0n) is 19.8. The van der Waals surface area contributed by atoms with Crippen LogP contribution in [0.2, 0.25) is 0 Å². The van der Waals surface area contributed by atoms with E-state index in [-0.39, 0.29) is 11.5 Å². The quantitative estimate of drug-likeness (QED) is 0.314. The zero-order chi connectivity index (χ0) is 24.6. The third-order valence-corrected chi connectivity index (χ3v) is 6.58. The first-order chi connectivity index (χ1) is 17.6. The molecule has 174 valence electrons. The normalized spacial score (nSPS) is 14.0. The number of benzene rings is 4. The fourth-order valence-electron chi connectivity index (χ4n) is 4.79. The van der Waals surface area contributed by atoms with Crippen molar-refractivity contribution in [2.45, 2.75) is 13.5 Å². The molecule has 2 heterocycles. The molecule has 4 aromatic carbocycles. The summed E-state index contributed by atoms with van der Waals surface area (Å²) in [5.41, 5.74) is 5.36. The summed E-state index contributed by atoms with van der Waals surface area (Å²) in [4.78, 5) is 34.1. The highest BCUT2D eigenvalue weighted by Crippen LogP contribution is 2.38. The molecule has 0 spiro atoms. The zero-order valence-corrected chi connectivity index (χ0v) is 19.8. The number of carbonyl (C=O) groups excluding carboxylic acids is 1. The standard InChI is InChI=1S/C31H23N3O2/c1-21-11-5-9-17-27(21)34-29(32-26-16-8-6-15-24(26)31(34)36)19-25-23-14-7-10-18-28(23)33(30(25)35)20-22-12-3-2-4-13-22/h2-19H,20H2,1H3/b25-19+. The van der Waals surface area contributed by atoms with Gasteiger partial charge in [0.2, 0.25) is 0 Å². The van der Waals surface area contributed by atoms with Crippen LogP contribution >= 0.6 is 0 Å². The van der Waals surface area contributed by atoms with E-state index < -0.39 is 0 Å². The van der Waals surface area contributed by atoms with Crippen LogP contribution < -0.4 is 10.5 Å². The second-order valence-corrected chi connectivity index (χ2v) is 8.87. The van der Waals surface area contributed by atoms with Crippen LogP contribution in [0.15, 0.2) is 108 Å². The molecule has 36 heavy (non-hydrogen) atoms. The van der Waals surface area contributed by atoms with Crippen molar-refractivity contribution >= 4 is 34.1 Å². The summed E-state index contributed by atoms with van der Waals surface area (Å²) in [6.45, 7) is 2.43. The Balaban J connectivity index is 1.57. The highest BCUT2D eigenvalue weighted by Gasteiger charge is 2.32. The van der Waals surface area contributed by atoms with Crippen LogP contribution in [-0.4, -0.2) is 15.5 Å². The molecule has 5 heteroatoms. The van der Waals surface area contributed by atoms with E-state index in [0.29, 0.717) is 28.8 Å². The van der Waals surface area contributed by atoms with E-state index in [9.17, 15) is 9.59 Å². The van der Waals surface area contributed by atoms with Crippen molar-refractivity contribution in [3.05, 3.63) is 136 Å². The van der Waals surface area contributed by atoms with Gasteiger partial charge in [-0.15, -0.1) is 0 Å². The maximum atomic E-state index is 13.8. The molecule has 5 aromatic rings. The van der Waals surface area contributed by atoms with Crippen LogP contribution in [0.5, 0.6) is 0 Å². The molecule has 5 nitrogen and oxygen atoms in total. The fourth-order valence-corrected chi connectivity index (χ4v) is 4.79. The summed E-state index contributed by atoms with van der Waals surface area (Å²) in [6.07, 6.45) is 1.76. The maximum absolute atomic E-state index is 13.8. The number of para-hydroxylation sites is 3. The van der Waals surface area contributed by atoms with Gasteiger partial charge in [-0.1, -0.05) is 78.9 Å². The first-order valence-electron chi connectivity index (χ1n) is 11.9. The molecule has 1 aromatic heterocycles. The highest BCUT2D eigenvalue weighted by atomic mass is 16.2. The fraction of sp³-hybridized carbons (Fsp3) is 0.0645. The average molecular weight is 470 g/mol. The molecule has 0 atom stereocenters. The number of carbonyl (C=O) groups is 1. The van der Waals surface area contributed by atoms with Gasteiger partial charge in [0.05, 0.1) is 34.4 Å². The molecule has 6 rings (SSSR count). The van der Waals surface area contributed by atoms with Crippen molar-refractivity contribution in [1.29, 1.82) is 0 Å². The smallest absolute Gasteiger partial charge is 0.266 e. The predicted octanol–water partition coefficient (Wildman–Crippen LogP) is 5.78. The number of aromatic nitrogens is 2. The summed E-state index contributed by atoms with van der Waals surface area (Å²) in [6, 6.07) is 32.7. The van der Waals surface area contributed by atoms with Crippen LogP contribution in [0.1, 0.15) is 22.5 Å². The van der Waals surface area contributed by atoms with Gasteiger partial charge < -0.3 is 4.90 Å². The molecule has 0 saturated carbocycles. The van der Waals surface area contributed by atoms with Gasteiger partial charge in [-0.3, -0.25) is 14.2 Å². The first kappa shape index (κ1) is 21.7. The van der Waals surface area contributed by atoms with Gasteiger partial charge in [0.25, 0.3) is 11.5 Å². The Morgan fingerprint density at radius 2 is 1.42 bits per heavy atom. The van der Waals surface area contributed by atoms with E-state index in [1.807, 2.05) is 104 Å². The number of nitrogens with zero attached hydrogens (tertiary/aromatic N) is 3. The second kappa shape index (κ2) is 8.78. The molecule has 0 fully saturated rings. The van der Waals surface area contributed by atoms with Gasteiger partial charge in [0.15, 0.2) is 0 Å². The van der Waals surface area contributed by atoms with Crippen molar-refractivity contribution in [1.82, 2.24) is 9.55 Å². The van der Waals surface area contributed by atoms with Crippen molar-refractivity contribution in [2.24, 2.45) is 0 Å². The Morgan fingerprint density at radius 1 is 0.750 bits per heavy atom. The van der Waals surface area contributed by atoms with E-state index >= 15 is 0 Å². The molecule has 0 saturated heterocycles. The summed E-state index contributed by atoms with van der Waals surface area (Å²) in [5, 5.41) is 0.534. The van der Waals surface area contributed by atoms with Gasteiger partial charge in [0.1, 0.15) is 5.82 Å². The van der Waals surface area contributed by atoms with Gasteiger partial charge >= 0.3 is 0 Å². The minimum absolute atomic E-state index is 0.112. The Labute approximate surface area is 208 Å². The number of anilines is 1. The van der Waals surface area contributed by atoms with E-state index in [4.69, 9.17) is 4.98 Å². The largest absolute Gasteiger partial charge is 0.303 e. The number of aryl methyl sites for hydroxylation is 1. The monoisotopic (exact) mass is 469 g/mol. The average Bonchev–Trinajstić information content (AvgIpc) is 3.16. The van der Waals surface area contributed by atoms with Crippen molar-refractivity contribution in [2.75, 3.05) is 4.90 Å². The molecular weight excluding hydrogens is 446 g/mol. The Kier molecular flexibility index (Phi) is 5.30. The van der Waals surface area contributed by atoms with Crippen LogP contribution in [-0.2, 0) is 11.3 Å². The van der Waals surface area contributed by atoms with Gasteiger partial charge in [-0.2, -0.15) is 0 Å². The topological polar surface area (TPSA) is 55.2 Å². The molecule has 1 aliphatic heterocycles. The van der Waals surface area contributed by atoms with Gasteiger partial charge in [-0.05, 0) is 48.4 Å². The molecule has 0 N–H and O–H groups in total. The molecular formula is C31H23N3O2. The van der Waals surface area contributed by atoms with Crippen LogP contribution in [0, 0.1) is 6.92 Å². The molecule has 0 bridgehead atoms. The van der Waals surface area contributed by atoms with E-state index in [0.717, 1.165) is 28.1 Å². The predicted molar refractivity (Wildman–Crippen MR) is 144 cm³/mol. The minimum atomic E-state index is -0.165. The number of rotatable bonds is 4. The summed E-state index contributed by atoms with van der Waals surface area (Å²) >= 11 is 0. The van der Waals surface area contributed by atoms with Crippen LogP contribution in [0.4, 0.5) is 5.69 Å². The van der Waals surface area contributed by atoms with Crippen molar-refractivity contribution in [3.63, 3.8) is 0 Å². The number of hydrogen-bond donors (Lipinski definition) is 0. The lowest BCUT2D eigenvalue weighted by atomic mass is 10.1. The van der Waals surface area contributed by atoms with E-state index in [1.54, 1.807) is 21.6 Å². The summed E-state index contributed by atoms with van der Waals surface area (Å²) < 4.78 is 1.61. The third-order valence-electron chi connectivity index (χ3n) is 6.58. The Hall–Kier alpha value is -4.77. The summed E-state index contributed by atoms with van der Waals surface area (Å²) in [5.74, 6) is 0.312. The lowest BCUT2D eigenvalue weighted by Gasteiger charge is -2.17. The Morgan fingerprint density at radius 3 is 2.22 bits per heavy atom. The maximum Gasteiger partial charge on any atom is 0.266 e.